The van der Waals surface area contributed by atoms with E-state index in [-0.39, 0.29) is 40.6 Å². The van der Waals surface area contributed by atoms with Crippen LogP contribution in [-0.2, 0) is 69.4 Å². The fourth-order valence-corrected chi connectivity index (χ4v) is 13.6. The van der Waals surface area contributed by atoms with E-state index in [4.69, 9.17) is 27.4 Å². The summed E-state index contributed by atoms with van der Waals surface area (Å²) >= 11 is -3.27. The molecule has 83 heavy (non-hydrogen) atoms. The molecule has 6 aliphatic carbocycles. The Balaban J connectivity index is 0.000000140. The van der Waals surface area contributed by atoms with Crippen molar-refractivity contribution in [1.82, 2.24) is 0 Å². The number of nitrogens with two attached hydrogens (primary N) is 1. The summed E-state index contributed by atoms with van der Waals surface area (Å²) in [6, 6.07) is 22.6. The average molecular weight is 1170 g/mol. The second-order valence-electron chi connectivity index (χ2n) is 23.3. The molecule has 0 spiro atoms. The van der Waals surface area contributed by atoms with Gasteiger partial charge in [-0.2, -0.15) is 0 Å². The van der Waals surface area contributed by atoms with Gasteiger partial charge in [0.15, 0.2) is 0 Å². The van der Waals surface area contributed by atoms with Crippen LogP contribution in [0.2, 0.25) is 0 Å². The highest BCUT2D eigenvalue weighted by atomic mass is 32.2. The summed E-state index contributed by atoms with van der Waals surface area (Å²) in [6.45, 7) is 0. The Labute approximate surface area is 490 Å². The standard InChI is InChI=1S/2C22H27NO5S.C21H25NO3/c2*1-27-29(26)23-16-8-6-7-15(13-16)19(14-11-12-14)20-21(24)17-9-4-2-3-5-10-18(17)28-22(20)25;22-15-7-5-6-14(12-15)18(13-10-11-13)19-20(23)16-8-3-1-2-4-9-17(16)25-21(19)24/h2*6-8,13-14,19,23-24H,2-5,9-12H2,1H3;5-7,12-13,18,23H,1-4,8-11,22H2. The number of aryl methyl sites for hydroxylation is 3. The molecule has 3 heterocycles. The summed E-state index contributed by atoms with van der Waals surface area (Å²) in [7, 11) is 2.72. The summed E-state index contributed by atoms with van der Waals surface area (Å²) in [6.07, 6.45) is 23.3. The van der Waals surface area contributed by atoms with Gasteiger partial charge in [0.1, 0.15) is 34.5 Å². The van der Waals surface area contributed by atoms with Crippen molar-refractivity contribution in [3.8, 4) is 17.2 Å². The molecule has 0 bridgehead atoms. The van der Waals surface area contributed by atoms with Crippen molar-refractivity contribution < 1.29 is 45.4 Å². The molecule has 0 aliphatic heterocycles. The third-order valence-corrected chi connectivity index (χ3v) is 18.8. The van der Waals surface area contributed by atoms with Crippen LogP contribution in [0.4, 0.5) is 17.1 Å². The molecule has 12 rings (SSSR count). The van der Waals surface area contributed by atoms with Crippen molar-refractivity contribution in [3.05, 3.63) is 171 Å². The smallest absolute Gasteiger partial charge is 0.343 e. The third kappa shape index (κ3) is 14.6. The summed E-state index contributed by atoms with van der Waals surface area (Å²) in [5.74, 6) is 2.76. The number of nitrogen functional groups attached to an aromatic ring is 1. The maximum Gasteiger partial charge on any atom is 0.343 e. The molecular formula is C65H79N3O13S2. The SMILES string of the molecule is COS(=O)Nc1cccc(C(c2c(O)c3c(oc2=O)CCCCCC3)C2CC2)c1.COS(=O)Nc1cccc(C(c2c(O)c3c(oc2=O)CCCCCC3)C2CC2)c1.Nc1cccc(C(c2c(O)c3c(oc2=O)CCCCCC3)C2CC2)c1. The summed E-state index contributed by atoms with van der Waals surface area (Å²) in [5, 5.41) is 33.3. The summed E-state index contributed by atoms with van der Waals surface area (Å²) in [5.41, 5.74) is 13.1. The molecule has 7 N–H and O–H groups in total. The van der Waals surface area contributed by atoms with Gasteiger partial charge in [0, 0.05) is 70.8 Å². The maximum atomic E-state index is 13.0. The Hall–Kier alpha value is -6.47. The first-order valence-electron chi connectivity index (χ1n) is 30.0. The topological polar surface area (TPSA) is 254 Å². The van der Waals surface area contributed by atoms with E-state index >= 15 is 0 Å². The number of anilines is 3. The molecule has 16 nitrogen and oxygen atoms in total. The number of fused-ring (bicyclic) bond motifs is 3. The lowest BCUT2D eigenvalue weighted by molar-refractivity contribution is 0.381. The van der Waals surface area contributed by atoms with E-state index in [1.54, 1.807) is 12.1 Å². The van der Waals surface area contributed by atoms with Gasteiger partial charge in [-0.15, -0.1) is 0 Å². The Kier molecular flexibility index (Phi) is 19.8. The highest BCUT2D eigenvalue weighted by Gasteiger charge is 2.41. The van der Waals surface area contributed by atoms with Crippen molar-refractivity contribution in [2.75, 3.05) is 29.4 Å². The summed E-state index contributed by atoms with van der Waals surface area (Å²) in [4.78, 5) is 38.7. The van der Waals surface area contributed by atoms with Crippen LogP contribution < -0.4 is 32.1 Å². The first-order valence-corrected chi connectivity index (χ1v) is 32.1. The zero-order valence-corrected chi connectivity index (χ0v) is 49.3. The van der Waals surface area contributed by atoms with Gasteiger partial charge in [0.05, 0.1) is 30.9 Å². The molecule has 6 aliphatic rings. The van der Waals surface area contributed by atoms with Gasteiger partial charge in [-0.05, 0) is 167 Å². The molecule has 3 aromatic heterocycles. The predicted octanol–water partition coefficient (Wildman–Crippen LogP) is 12.5. The van der Waals surface area contributed by atoms with Crippen LogP contribution in [0.1, 0.15) is 201 Å². The molecule has 6 aromatic rings. The van der Waals surface area contributed by atoms with Gasteiger partial charge in [-0.25, -0.2) is 22.8 Å². The van der Waals surface area contributed by atoms with Gasteiger partial charge in [0.25, 0.3) is 22.5 Å². The number of benzene rings is 3. The highest BCUT2D eigenvalue weighted by Crippen LogP contribution is 2.52. The Bertz CT molecular complexity index is 3330. The van der Waals surface area contributed by atoms with Crippen LogP contribution in [0, 0.1) is 17.8 Å². The van der Waals surface area contributed by atoms with Crippen molar-refractivity contribution in [1.29, 1.82) is 0 Å². The van der Waals surface area contributed by atoms with Gasteiger partial charge >= 0.3 is 16.9 Å². The molecular weight excluding hydrogens is 1090 g/mol. The molecule has 3 fully saturated rings. The Morgan fingerprint density at radius 2 is 0.759 bits per heavy atom. The molecule has 3 aromatic carbocycles. The molecule has 5 atom stereocenters. The van der Waals surface area contributed by atoms with Crippen LogP contribution in [0.3, 0.4) is 0 Å². The first kappa shape index (κ1) is 59.7. The van der Waals surface area contributed by atoms with E-state index in [9.17, 15) is 38.1 Å². The van der Waals surface area contributed by atoms with Crippen LogP contribution in [0.15, 0.2) is 100 Å². The maximum absolute atomic E-state index is 13.0. The minimum atomic E-state index is -1.63. The molecule has 444 valence electrons. The molecule has 18 heteroatoms. The van der Waals surface area contributed by atoms with Crippen LogP contribution in [0.5, 0.6) is 17.2 Å². The summed E-state index contributed by atoms with van der Waals surface area (Å²) < 4.78 is 55.7. The second-order valence-corrected chi connectivity index (χ2v) is 25.3. The van der Waals surface area contributed by atoms with Crippen LogP contribution in [0.25, 0.3) is 0 Å². The number of aromatic hydroxyl groups is 3. The molecule has 0 radical (unpaired) electrons. The first-order chi connectivity index (χ1) is 40.3. The van der Waals surface area contributed by atoms with Gasteiger partial charge in [0.2, 0.25) is 0 Å². The lowest BCUT2D eigenvalue weighted by Crippen LogP contribution is -2.19. The van der Waals surface area contributed by atoms with Gasteiger partial charge in [-0.1, -0.05) is 74.9 Å². The quantitative estimate of drug-likeness (QED) is 0.0523. The van der Waals surface area contributed by atoms with Gasteiger partial charge < -0.3 is 34.3 Å². The third-order valence-electron chi connectivity index (χ3n) is 17.4. The normalized spacial score (nSPS) is 18.9. The van der Waals surface area contributed by atoms with E-state index in [2.05, 4.69) is 9.44 Å². The molecule has 5 unspecified atom stereocenters. The Morgan fingerprint density at radius 1 is 0.458 bits per heavy atom. The van der Waals surface area contributed by atoms with Gasteiger partial charge in [-0.3, -0.25) is 17.8 Å². The average Bonchev–Trinajstić information content (AvgIpc) is 4.50. The predicted molar refractivity (Wildman–Crippen MR) is 323 cm³/mol. The lowest BCUT2D eigenvalue weighted by atomic mass is 9.85. The van der Waals surface area contributed by atoms with E-state index in [1.807, 2.05) is 60.7 Å². The number of nitrogens with one attached hydrogen (secondary N) is 2. The Morgan fingerprint density at radius 3 is 1.06 bits per heavy atom. The highest BCUT2D eigenvalue weighted by molar-refractivity contribution is 7.81. The minimum Gasteiger partial charge on any atom is -0.507 e. The van der Waals surface area contributed by atoms with Crippen molar-refractivity contribution in [2.24, 2.45) is 17.8 Å². The van der Waals surface area contributed by atoms with Crippen molar-refractivity contribution in [3.63, 3.8) is 0 Å². The number of hydrogen-bond acceptors (Lipinski definition) is 14. The lowest BCUT2D eigenvalue weighted by Gasteiger charge is -2.21. The van der Waals surface area contributed by atoms with Crippen molar-refractivity contribution in [2.45, 2.75) is 172 Å². The fourth-order valence-electron chi connectivity index (χ4n) is 12.8. The van der Waals surface area contributed by atoms with E-state index in [0.717, 1.165) is 175 Å². The van der Waals surface area contributed by atoms with Crippen molar-refractivity contribution >= 4 is 39.6 Å². The number of rotatable bonds is 15. The number of hydrogen-bond donors (Lipinski definition) is 6. The van der Waals surface area contributed by atoms with Crippen LogP contribution in [-0.4, -0.2) is 38.0 Å². The minimum absolute atomic E-state index is 0.119. The second kappa shape index (κ2) is 27.5. The fraction of sp³-hybridized carbons (Fsp3) is 0.492. The monoisotopic (exact) mass is 1170 g/mol. The van der Waals surface area contributed by atoms with E-state index in [1.165, 1.54) is 14.2 Å². The molecule has 0 saturated heterocycles. The molecule has 0 amide bonds. The largest absolute Gasteiger partial charge is 0.507 e. The molecule has 3 saturated carbocycles. The van der Waals surface area contributed by atoms with Crippen LogP contribution >= 0.6 is 0 Å². The van der Waals surface area contributed by atoms with E-state index in [0.29, 0.717) is 81.6 Å². The zero-order valence-electron chi connectivity index (χ0n) is 47.7. The zero-order chi connectivity index (χ0) is 58.1. The van der Waals surface area contributed by atoms with E-state index < -0.39 is 33.8 Å².